The first-order chi connectivity index (χ1) is 16.4. The van der Waals surface area contributed by atoms with Crippen molar-refractivity contribution in [3.63, 3.8) is 0 Å². The molecule has 7 nitrogen and oxygen atoms in total. The van der Waals surface area contributed by atoms with Crippen molar-refractivity contribution in [2.24, 2.45) is 0 Å². The van der Waals surface area contributed by atoms with E-state index in [9.17, 15) is 9.59 Å². The fraction of sp³-hybridized carbons (Fsp3) is 0.320. The van der Waals surface area contributed by atoms with Crippen LogP contribution in [-0.4, -0.2) is 41.5 Å². The largest absolute Gasteiger partial charge is 0.372 e. The normalized spacial score (nSPS) is 13.4. The molecule has 4 rings (SSSR count). The molecule has 3 aromatic rings. The van der Waals surface area contributed by atoms with E-state index in [4.69, 9.17) is 27.7 Å². The van der Waals surface area contributed by atoms with E-state index in [0.29, 0.717) is 40.0 Å². The lowest BCUT2D eigenvalue weighted by atomic mass is 10.0. The lowest BCUT2D eigenvalue weighted by Gasteiger charge is -2.21. The number of nitrogens with zero attached hydrogens (tertiary/aromatic N) is 3. The zero-order valence-corrected chi connectivity index (χ0v) is 20.6. The summed E-state index contributed by atoms with van der Waals surface area (Å²) >= 11 is 12.8. The van der Waals surface area contributed by atoms with Crippen molar-refractivity contribution in [1.29, 1.82) is 0 Å². The fourth-order valence-corrected chi connectivity index (χ4v) is 4.72. The van der Waals surface area contributed by atoms with Crippen molar-refractivity contribution in [2.75, 3.05) is 29.9 Å². The molecule has 1 N–H and O–H groups in total. The molecule has 2 aromatic carbocycles. The number of carbonyl (C=O) groups is 2. The van der Waals surface area contributed by atoms with Gasteiger partial charge in [0.2, 0.25) is 5.91 Å². The maximum Gasteiger partial charge on any atom is 0.261 e. The Hall–Kier alpha value is -3.03. The van der Waals surface area contributed by atoms with Crippen LogP contribution in [0, 0.1) is 0 Å². The van der Waals surface area contributed by atoms with Gasteiger partial charge in [0.15, 0.2) is 5.76 Å². The summed E-state index contributed by atoms with van der Waals surface area (Å²) < 4.78 is 5.58. The number of anilines is 2. The molecule has 0 bridgehead atoms. The Morgan fingerprint density at radius 2 is 1.79 bits per heavy atom. The smallest absolute Gasteiger partial charge is 0.261 e. The first-order valence-electron chi connectivity index (χ1n) is 11.3. The van der Waals surface area contributed by atoms with Gasteiger partial charge in [0.25, 0.3) is 5.91 Å². The van der Waals surface area contributed by atoms with E-state index < -0.39 is 5.91 Å². The van der Waals surface area contributed by atoms with E-state index >= 15 is 0 Å². The third-order valence-electron chi connectivity index (χ3n) is 5.95. The van der Waals surface area contributed by atoms with Crippen LogP contribution >= 0.6 is 23.2 Å². The second kappa shape index (κ2) is 10.5. The van der Waals surface area contributed by atoms with Gasteiger partial charge in [-0.15, -0.1) is 0 Å². The molecule has 0 saturated carbocycles. The van der Waals surface area contributed by atoms with Gasteiger partial charge in [0, 0.05) is 43.0 Å². The maximum absolute atomic E-state index is 13.5. The highest BCUT2D eigenvalue weighted by atomic mass is 35.5. The molecule has 178 valence electrons. The summed E-state index contributed by atoms with van der Waals surface area (Å²) in [5.74, 6) is -0.102. The third kappa shape index (κ3) is 4.91. The number of carbonyl (C=O) groups excluding carboxylic acids is 2. The summed E-state index contributed by atoms with van der Waals surface area (Å²) in [6, 6.07) is 12.7. The predicted octanol–water partition coefficient (Wildman–Crippen LogP) is 5.87. The average molecular weight is 501 g/mol. The molecule has 0 aliphatic carbocycles. The van der Waals surface area contributed by atoms with E-state index in [1.165, 1.54) is 0 Å². The van der Waals surface area contributed by atoms with Crippen LogP contribution in [0.4, 0.5) is 11.4 Å². The van der Waals surface area contributed by atoms with Crippen LogP contribution in [0.3, 0.4) is 0 Å². The SMILES string of the molecule is CCN(CC)c1ccc(NC(=O)c2c(-c3c(Cl)cccc3Cl)noc2CN2CCCC2=O)cc1. The van der Waals surface area contributed by atoms with E-state index in [0.717, 1.165) is 25.2 Å². The monoisotopic (exact) mass is 500 g/mol. The highest BCUT2D eigenvalue weighted by Gasteiger charge is 2.30. The lowest BCUT2D eigenvalue weighted by Crippen LogP contribution is -2.25. The number of likely N-dealkylation sites (tertiary alicyclic amines) is 1. The van der Waals surface area contributed by atoms with Crippen molar-refractivity contribution in [2.45, 2.75) is 33.2 Å². The number of hydrogen-bond donors (Lipinski definition) is 1. The summed E-state index contributed by atoms with van der Waals surface area (Å²) in [6.45, 7) is 6.73. The molecular formula is C25H26Cl2N4O3. The Morgan fingerprint density at radius 3 is 2.38 bits per heavy atom. The zero-order chi connectivity index (χ0) is 24.2. The Bertz CT molecular complexity index is 1170. The second-order valence-electron chi connectivity index (χ2n) is 8.02. The predicted molar refractivity (Wildman–Crippen MR) is 135 cm³/mol. The van der Waals surface area contributed by atoms with Crippen LogP contribution in [0.1, 0.15) is 42.8 Å². The molecule has 2 amide bonds. The number of hydrogen-bond acceptors (Lipinski definition) is 5. The van der Waals surface area contributed by atoms with Gasteiger partial charge in [-0.05, 0) is 56.7 Å². The molecule has 1 aromatic heterocycles. The molecule has 0 radical (unpaired) electrons. The number of rotatable bonds is 8. The van der Waals surface area contributed by atoms with E-state index in [1.807, 2.05) is 24.3 Å². The van der Waals surface area contributed by atoms with Gasteiger partial charge in [-0.25, -0.2) is 0 Å². The van der Waals surface area contributed by atoms with Gasteiger partial charge < -0.3 is 19.6 Å². The van der Waals surface area contributed by atoms with Crippen LogP contribution in [-0.2, 0) is 11.3 Å². The standard InChI is InChI=1S/C25H26Cl2N4O3/c1-3-30(4-2)17-12-10-16(11-13-17)28-25(33)23-20(15-31-14-6-9-21(31)32)34-29-24(23)22-18(26)7-5-8-19(22)27/h5,7-8,10-13H,3-4,6,9,14-15H2,1-2H3,(H,28,33). The number of benzene rings is 2. The van der Waals surface area contributed by atoms with Crippen molar-refractivity contribution >= 4 is 46.4 Å². The number of aromatic nitrogens is 1. The van der Waals surface area contributed by atoms with Crippen LogP contribution in [0.15, 0.2) is 47.0 Å². The van der Waals surface area contributed by atoms with Crippen molar-refractivity contribution in [1.82, 2.24) is 10.1 Å². The van der Waals surface area contributed by atoms with Gasteiger partial charge in [-0.3, -0.25) is 9.59 Å². The number of nitrogens with one attached hydrogen (secondary N) is 1. The van der Waals surface area contributed by atoms with E-state index in [2.05, 4.69) is 29.2 Å². The topological polar surface area (TPSA) is 78.7 Å². The van der Waals surface area contributed by atoms with Gasteiger partial charge >= 0.3 is 0 Å². The molecule has 0 spiro atoms. The Balaban J connectivity index is 1.68. The summed E-state index contributed by atoms with van der Waals surface area (Å²) in [7, 11) is 0. The summed E-state index contributed by atoms with van der Waals surface area (Å²) in [4.78, 5) is 29.6. The van der Waals surface area contributed by atoms with Crippen LogP contribution in [0.5, 0.6) is 0 Å². The van der Waals surface area contributed by atoms with Crippen LogP contribution in [0.2, 0.25) is 10.0 Å². The summed E-state index contributed by atoms with van der Waals surface area (Å²) in [5.41, 5.74) is 2.57. The highest BCUT2D eigenvalue weighted by molar-refractivity contribution is 6.39. The number of amides is 2. The summed E-state index contributed by atoms with van der Waals surface area (Å²) in [6.07, 6.45) is 1.26. The molecule has 1 aliphatic rings. The van der Waals surface area contributed by atoms with Crippen molar-refractivity contribution in [3.8, 4) is 11.3 Å². The highest BCUT2D eigenvalue weighted by Crippen LogP contribution is 2.37. The van der Waals surface area contributed by atoms with Gasteiger partial charge in [-0.1, -0.05) is 34.4 Å². The molecule has 0 atom stereocenters. The van der Waals surface area contributed by atoms with Crippen LogP contribution in [0.25, 0.3) is 11.3 Å². The van der Waals surface area contributed by atoms with Crippen LogP contribution < -0.4 is 10.2 Å². The van der Waals surface area contributed by atoms with E-state index in [-0.39, 0.29) is 23.7 Å². The lowest BCUT2D eigenvalue weighted by molar-refractivity contribution is -0.128. The molecule has 1 fully saturated rings. The number of halogens is 2. The quantitative estimate of drug-likeness (QED) is 0.418. The van der Waals surface area contributed by atoms with Gasteiger partial charge in [0.1, 0.15) is 11.3 Å². The van der Waals surface area contributed by atoms with Gasteiger partial charge in [0.05, 0.1) is 16.6 Å². The van der Waals surface area contributed by atoms with Gasteiger partial charge in [-0.2, -0.15) is 0 Å². The minimum absolute atomic E-state index is 0.0204. The van der Waals surface area contributed by atoms with Crippen molar-refractivity contribution < 1.29 is 14.1 Å². The first kappa shape index (κ1) is 24.1. The average Bonchev–Trinajstić information content (AvgIpc) is 3.42. The molecule has 2 heterocycles. The first-order valence-corrected chi connectivity index (χ1v) is 12.1. The summed E-state index contributed by atoms with van der Waals surface area (Å²) in [5, 5.41) is 7.77. The molecular weight excluding hydrogens is 475 g/mol. The second-order valence-corrected chi connectivity index (χ2v) is 8.83. The molecule has 0 unspecified atom stereocenters. The minimum atomic E-state index is -0.413. The Labute approximate surface area is 208 Å². The third-order valence-corrected chi connectivity index (χ3v) is 6.58. The van der Waals surface area contributed by atoms with E-state index in [1.54, 1.807) is 23.1 Å². The maximum atomic E-state index is 13.5. The Morgan fingerprint density at radius 1 is 1.12 bits per heavy atom. The fourth-order valence-electron chi connectivity index (χ4n) is 4.14. The zero-order valence-electron chi connectivity index (χ0n) is 19.1. The minimum Gasteiger partial charge on any atom is -0.372 e. The molecule has 9 heteroatoms. The Kier molecular flexibility index (Phi) is 7.44. The van der Waals surface area contributed by atoms with Crippen molar-refractivity contribution in [3.05, 3.63) is 63.8 Å². The molecule has 34 heavy (non-hydrogen) atoms. The molecule has 1 saturated heterocycles. The molecule has 1 aliphatic heterocycles.